The fourth-order valence-electron chi connectivity index (χ4n) is 4.48. The minimum absolute atomic E-state index is 0.178. The topological polar surface area (TPSA) is 91.9 Å². The second-order valence-corrected chi connectivity index (χ2v) is 9.29. The van der Waals surface area contributed by atoms with Gasteiger partial charge in [0, 0.05) is 43.3 Å². The minimum atomic E-state index is -0.178. The molecule has 0 atom stereocenters. The predicted molar refractivity (Wildman–Crippen MR) is 148 cm³/mol. The van der Waals surface area contributed by atoms with E-state index < -0.39 is 0 Å². The Hall–Kier alpha value is -4.08. The quantitative estimate of drug-likeness (QED) is 0.306. The molecule has 5 rings (SSSR count). The fourth-order valence-corrected chi connectivity index (χ4v) is 4.48. The van der Waals surface area contributed by atoms with E-state index in [1.807, 2.05) is 66.7 Å². The third-order valence-corrected chi connectivity index (χ3v) is 6.68. The van der Waals surface area contributed by atoms with Gasteiger partial charge in [0.05, 0.1) is 31.4 Å². The summed E-state index contributed by atoms with van der Waals surface area (Å²) in [5, 5.41) is 11.1. The van der Waals surface area contributed by atoms with E-state index in [4.69, 9.17) is 14.2 Å². The van der Waals surface area contributed by atoms with E-state index in [2.05, 4.69) is 32.4 Å². The Morgan fingerprint density at radius 1 is 0.974 bits per heavy atom. The van der Waals surface area contributed by atoms with Crippen LogP contribution in [0.3, 0.4) is 0 Å². The molecule has 1 amide bonds. The first-order valence-electron chi connectivity index (χ1n) is 12.8. The van der Waals surface area contributed by atoms with E-state index in [9.17, 15) is 4.79 Å². The van der Waals surface area contributed by atoms with Crippen molar-refractivity contribution < 1.29 is 19.0 Å². The molecule has 2 heterocycles. The Bertz CT molecular complexity index is 1360. The van der Waals surface area contributed by atoms with Gasteiger partial charge in [-0.25, -0.2) is 0 Å². The number of likely N-dealkylation sites (N-methyl/N-ethyl adjacent to an activating group) is 1. The monoisotopic (exact) mass is 515 g/mol. The van der Waals surface area contributed by atoms with Gasteiger partial charge in [0.25, 0.3) is 5.91 Å². The number of H-pyrrole nitrogens is 1. The van der Waals surface area contributed by atoms with Crippen LogP contribution in [0, 0.1) is 0 Å². The van der Waals surface area contributed by atoms with Crippen LogP contribution in [0.5, 0.6) is 11.5 Å². The highest BCUT2D eigenvalue weighted by Crippen LogP contribution is 2.27. The van der Waals surface area contributed by atoms with Crippen LogP contribution in [0.4, 0.5) is 11.5 Å². The zero-order chi connectivity index (χ0) is 26.3. The van der Waals surface area contributed by atoms with Gasteiger partial charge < -0.3 is 29.3 Å². The number of hydrogen-bond acceptors (Lipinski definition) is 7. The number of anilines is 2. The molecule has 0 saturated carbocycles. The van der Waals surface area contributed by atoms with Crippen molar-refractivity contribution in [2.75, 3.05) is 63.8 Å². The zero-order valence-electron chi connectivity index (χ0n) is 21.8. The maximum absolute atomic E-state index is 13.2. The normalized spacial score (nSPS) is 14.0. The van der Waals surface area contributed by atoms with Gasteiger partial charge in [-0.15, -0.1) is 0 Å². The molecule has 1 aliphatic heterocycles. The van der Waals surface area contributed by atoms with E-state index in [1.54, 1.807) is 7.11 Å². The van der Waals surface area contributed by atoms with E-state index in [0.717, 1.165) is 54.1 Å². The summed E-state index contributed by atoms with van der Waals surface area (Å²) in [4.78, 5) is 17.8. The maximum Gasteiger partial charge on any atom is 0.258 e. The highest BCUT2D eigenvalue weighted by atomic mass is 16.5. The van der Waals surface area contributed by atoms with Gasteiger partial charge in [-0.1, -0.05) is 24.3 Å². The number of amides is 1. The van der Waals surface area contributed by atoms with E-state index in [1.165, 1.54) is 0 Å². The smallest absolute Gasteiger partial charge is 0.258 e. The summed E-state index contributed by atoms with van der Waals surface area (Å²) in [6.07, 6.45) is 0. The van der Waals surface area contributed by atoms with Gasteiger partial charge in [-0.05, 0) is 49.0 Å². The standard InChI is InChI=1S/C29H33N5O4/c1-33-13-15-34(16-14-33)27-6-4-3-5-25(27)29(35)30-28-24-12-11-23(19-26(24)31-32-28)38-18-17-37-20-21-7-9-22(36-2)10-8-21/h3-12,19H,13-18,20H2,1-2H3,(H2,30,31,32,35). The molecular weight excluding hydrogens is 482 g/mol. The summed E-state index contributed by atoms with van der Waals surface area (Å²) >= 11 is 0. The number of methoxy groups -OCH3 is 1. The molecular formula is C29H33N5O4. The zero-order valence-corrected chi connectivity index (χ0v) is 21.8. The lowest BCUT2D eigenvalue weighted by Crippen LogP contribution is -2.45. The van der Waals surface area contributed by atoms with Crippen LogP contribution >= 0.6 is 0 Å². The number of piperazine rings is 1. The third-order valence-electron chi connectivity index (χ3n) is 6.68. The van der Waals surface area contributed by atoms with Crippen molar-refractivity contribution >= 4 is 28.3 Å². The average molecular weight is 516 g/mol. The Kier molecular flexibility index (Phi) is 8.06. The molecule has 1 aliphatic rings. The van der Waals surface area contributed by atoms with Crippen LogP contribution < -0.4 is 19.7 Å². The van der Waals surface area contributed by atoms with Crippen LogP contribution in [-0.4, -0.2) is 74.6 Å². The molecule has 9 nitrogen and oxygen atoms in total. The number of benzene rings is 3. The highest BCUT2D eigenvalue weighted by molar-refractivity contribution is 6.10. The molecule has 0 bridgehead atoms. The lowest BCUT2D eigenvalue weighted by atomic mass is 10.1. The molecule has 1 saturated heterocycles. The summed E-state index contributed by atoms with van der Waals surface area (Å²) in [6, 6.07) is 21.2. The number of aromatic nitrogens is 2. The first-order chi connectivity index (χ1) is 18.6. The molecule has 1 aromatic heterocycles. The Balaban J connectivity index is 1.16. The van der Waals surface area contributed by atoms with Gasteiger partial charge in [-0.2, -0.15) is 5.10 Å². The summed E-state index contributed by atoms with van der Waals surface area (Å²) in [6.45, 7) is 5.11. The fraction of sp³-hybridized carbons (Fsp3) is 0.310. The number of hydrogen-bond donors (Lipinski definition) is 2. The predicted octanol–water partition coefficient (Wildman–Crippen LogP) is 4.17. The molecule has 4 aromatic rings. The van der Waals surface area contributed by atoms with Crippen LogP contribution in [0.1, 0.15) is 15.9 Å². The number of carbonyl (C=O) groups excluding carboxylic acids is 1. The van der Waals surface area contributed by atoms with Crippen molar-refractivity contribution in [1.82, 2.24) is 15.1 Å². The highest BCUT2D eigenvalue weighted by Gasteiger charge is 2.21. The van der Waals surface area contributed by atoms with Crippen LogP contribution in [0.2, 0.25) is 0 Å². The number of fused-ring (bicyclic) bond motifs is 1. The summed E-state index contributed by atoms with van der Waals surface area (Å²) < 4.78 is 16.7. The number of nitrogens with one attached hydrogen (secondary N) is 2. The second kappa shape index (κ2) is 12.0. The Labute approximate surface area is 222 Å². The van der Waals surface area contributed by atoms with Crippen molar-refractivity contribution in [1.29, 1.82) is 0 Å². The number of ether oxygens (including phenoxy) is 3. The van der Waals surface area contributed by atoms with Gasteiger partial charge >= 0.3 is 0 Å². The third kappa shape index (κ3) is 6.07. The van der Waals surface area contributed by atoms with Crippen LogP contribution in [0.15, 0.2) is 66.7 Å². The first kappa shape index (κ1) is 25.6. The molecule has 0 aliphatic carbocycles. The largest absolute Gasteiger partial charge is 0.497 e. The molecule has 0 radical (unpaired) electrons. The maximum atomic E-state index is 13.2. The lowest BCUT2D eigenvalue weighted by Gasteiger charge is -2.34. The van der Waals surface area contributed by atoms with Crippen LogP contribution in [0.25, 0.3) is 10.9 Å². The van der Waals surface area contributed by atoms with Crippen molar-refractivity contribution in [2.45, 2.75) is 6.61 Å². The summed E-state index contributed by atoms with van der Waals surface area (Å²) in [7, 11) is 3.77. The molecule has 0 unspecified atom stereocenters. The SMILES string of the molecule is COc1ccc(COCCOc2ccc3c(NC(=O)c4ccccc4N4CCN(C)CC4)n[nH]c3c2)cc1. The molecule has 198 valence electrons. The number of nitrogens with zero attached hydrogens (tertiary/aromatic N) is 3. The van der Waals surface area contributed by atoms with Gasteiger partial charge in [-0.3, -0.25) is 9.89 Å². The second-order valence-electron chi connectivity index (χ2n) is 9.29. The first-order valence-corrected chi connectivity index (χ1v) is 12.8. The van der Waals surface area contributed by atoms with E-state index in [-0.39, 0.29) is 5.91 Å². The number of carbonyl (C=O) groups is 1. The number of aromatic amines is 1. The van der Waals surface area contributed by atoms with Crippen molar-refractivity contribution in [2.24, 2.45) is 0 Å². The van der Waals surface area contributed by atoms with Gasteiger partial charge in [0.2, 0.25) is 0 Å². The van der Waals surface area contributed by atoms with Gasteiger partial charge in [0.15, 0.2) is 5.82 Å². The van der Waals surface area contributed by atoms with Crippen molar-refractivity contribution in [3.8, 4) is 11.5 Å². The minimum Gasteiger partial charge on any atom is -0.497 e. The molecule has 38 heavy (non-hydrogen) atoms. The molecule has 3 aromatic carbocycles. The Morgan fingerprint density at radius 3 is 2.53 bits per heavy atom. The molecule has 0 spiro atoms. The summed E-state index contributed by atoms with van der Waals surface area (Å²) in [5.74, 6) is 1.84. The van der Waals surface area contributed by atoms with Crippen molar-refractivity contribution in [3.05, 3.63) is 77.9 Å². The Morgan fingerprint density at radius 2 is 1.74 bits per heavy atom. The molecule has 9 heteroatoms. The van der Waals surface area contributed by atoms with E-state index >= 15 is 0 Å². The number of para-hydroxylation sites is 1. The van der Waals surface area contributed by atoms with Crippen LogP contribution in [-0.2, 0) is 11.3 Å². The van der Waals surface area contributed by atoms with Crippen molar-refractivity contribution in [3.63, 3.8) is 0 Å². The number of rotatable bonds is 10. The van der Waals surface area contributed by atoms with Gasteiger partial charge in [0.1, 0.15) is 18.1 Å². The lowest BCUT2D eigenvalue weighted by molar-refractivity contribution is 0.0889. The average Bonchev–Trinajstić information content (AvgIpc) is 3.35. The molecule has 1 fully saturated rings. The summed E-state index contributed by atoms with van der Waals surface area (Å²) in [5.41, 5.74) is 3.44. The molecule has 2 N–H and O–H groups in total. The van der Waals surface area contributed by atoms with E-state index in [0.29, 0.717) is 37.0 Å².